The molecule has 15 heavy (non-hydrogen) atoms. The second-order valence-electron chi connectivity index (χ2n) is 4.32. The van der Waals surface area contributed by atoms with Gasteiger partial charge in [-0.05, 0) is 6.42 Å². The average molecular weight is 210 g/mol. The summed E-state index contributed by atoms with van der Waals surface area (Å²) in [6.45, 7) is 9.53. The first-order chi connectivity index (χ1) is 7.13. The fourth-order valence-corrected chi connectivity index (χ4v) is 1.34. The summed E-state index contributed by atoms with van der Waals surface area (Å²) in [5.74, 6) is 2.33. The zero-order valence-electron chi connectivity index (χ0n) is 10.2. The number of nitrogens with one attached hydrogen (secondary N) is 1. The van der Waals surface area contributed by atoms with E-state index < -0.39 is 0 Å². The smallest absolute Gasteiger partial charge is 0.195 e. The van der Waals surface area contributed by atoms with Crippen LogP contribution in [0.1, 0.15) is 51.7 Å². The second-order valence-corrected chi connectivity index (χ2v) is 4.32. The molecule has 3 nitrogen and oxygen atoms in total. The molecule has 1 aromatic heterocycles. The predicted molar refractivity (Wildman–Crippen MR) is 62.1 cm³/mol. The summed E-state index contributed by atoms with van der Waals surface area (Å²) in [5, 5.41) is 3.35. The summed E-state index contributed by atoms with van der Waals surface area (Å²) >= 11 is 0. The van der Waals surface area contributed by atoms with Crippen LogP contribution < -0.4 is 5.32 Å². The van der Waals surface area contributed by atoms with Crippen molar-refractivity contribution in [3.63, 3.8) is 0 Å². The minimum atomic E-state index is 0.476. The zero-order valence-corrected chi connectivity index (χ0v) is 10.2. The quantitative estimate of drug-likeness (QED) is 0.784. The van der Waals surface area contributed by atoms with E-state index in [1.54, 1.807) is 0 Å². The van der Waals surface area contributed by atoms with E-state index >= 15 is 0 Å². The number of nitrogens with zero attached hydrogens (tertiary/aromatic N) is 1. The van der Waals surface area contributed by atoms with E-state index in [1.165, 1.54) is 0 Å². The van der Waals surface area contributed by atoms with Crippen LogP contribution in [-0.4, -0.2) is 17.6 Å². The van der Waals surface area contributed by atoms with Crippen LogP contribution >= 0.6 is 0 Å². The summed E-state index contributed by atoms with van der Waals surface area (Å²) in [4.78, 5) is 4.28. The molecule has 0 aliphatic carbocycles. The fourth-order valence-electron chi connectivity index (χ4n) is 1.34. The van der Waals surface area contributed by atoms with E-state index in [9.17, 15) is 0 Å². The molecule has 0 radical (unpaired) electrons. The molecular weight excluding hydrogens is 188 g/mol. The Morgan fingerprint density at radius 1 is 1.40 bits per heavy atom. The maximum Gasteiger partial charge on any atom is 0.195 e. The first-order valence-corrected chi connectivity index (χ1v) is 5.81. The van der Waals surface area contributed by atoms with E-state index in [1.807, 2.05) is 6.20 Å². The van der Waals surface area contributed by atoms with Gasteiger partial charge in [0, 0.05) is 24.9 Å². The lowest BCUT2D eigenvalue weighted by atomic mass is 10.1. The van der Waals surface area contributed by atoms with E-state index in [0.29, 0.717) is 12.0 Å². The Morgan fingerprint density at radius 2 is 2.13 bits per heavy atom. The zero-order chi connectivity index (χ0) is 11.3. The molecule has 0 bridgehead atoms. The molecule has 1 unspecified atom stereocenters. The van der Waals surface area contributed by atoms with Crippen molar-refractivity contribution in [3.05, 3.63) is 17.8 Å². The minimum absolute atomic E-state index is 0.476. The number of hydrogen-bond acceptors (Lipinski definition) is 3. The van der Waals surface area contributed by atoms with Gasteiger partial charge in [0.15, 0.2) is 5.89 Å². The highest BCUT2D eigenvalue weighted by atomic mass is 16.4. The summed E-state index contributed by atoms with van der Waals surface area (Å²) < 4.78 is 5.67. The Balaban J connectivity index is 2.39. The third kappa shape index (κ3) is 4.04. The maximum atomic E-state index is 5.67. The first kappa shape index (κ1) is 12.2. The molecule has 0 spiro atoms. The molecule has 0 aliphatic rings. The molecule has 1 N–H and O–H groups in total. The molecule has 3 heteroatoms. The van der Waals surface area contributed by atoms with E-state index in [4.69, 9.17) is 4.42 Å². The largest absolute Gasteiger partial charge is 0.445 e. The standard InChI is InChI=1S/C12H22N2O/c1-5-10(4)11-8-14-12(15-11)6-7-13-9(2)3/h8-10,13H,5-7H2,1-4H3. The second kappa shape index (κ2) is 5.91. The van der Waals surface area contributed by atoms with Crippen LogP contribution in [0, 0.1) is 0 Å². The van der Waals surface area contributed by atoms with Crippen LogP contribution in [0.25, 0.3) is 0 Å². The third-order valence-corrected chi connectivity index (χ3v) is 2.56. The Hall–Kier alpha value is -0.830. The van der Waals surface area contributed by atoms with Crippen molar-refractivity contribution >= 4 is 0 Å². The Bertz CT molecular complexity index is 281. The van der Waals surface area contributed by atoms with E-state index in [0.717, 1.165) is 31.0 Å². The van der Waals surface area contributed by atoms with Gasteiger partial charge in [0.2, 0.25) is 0 Å². The molecule has 0 aromatic carbocycles. The third-order valence-electron chi connectivity index (χ3n) is 2.56. The number of oxazole rings is 1. The van der Waals surface area contributed by atoms with E-state index in [2.05, 4.69) is 38.0 Å². The van der Waals surface area contributed by atoms with Gasteiger partial charge in [0.05, 0.1) is 6.20 Å². The molecule has 0 saturated heterocycles. The first-order valence-electron chi connectivity index (χ1n) is 5.81. The van der Waals surface area contributed by atoms with Crippen molar-refractivity contribution in [1.82, 2.24) is 10.3 Å². The van der Waals surface area contributed by atoms with Crippen LogP contribution in [0.4, 0.5) is 0 Å². The van der Waals surface area contributed by atoms with Crippen molar-refractivity contribution in [1.29, 1.82) is 0 Å². The summed E-state index contributed by atoms with van der Waals surface area (Å²) in [6.07, 6.45) is 3.83. The number of rotatable bonds is 6. The molecule has 1 atom stereocenters. The van der Waals surface area contributed by atoms with Crippen LogP contribution in [0.5, 0.6) is 0 Å². The van der Waals surface area contributed by atoms with Gasteiger partial charge in [-0.3, -0.25) is 0 Å². The van der Waals surface area contributed by atoms with Crippen LogP contribution in [0.2, 0.25) is 0 Å². The SMILES string of the molecule is CCC(C)c1cnc(CCNC(C)C)o1. The summed E-state index contributed by atoms with van der Waals surface area (Å²) in [7, 11) is 0. The van der Waals surface area contributed by atoms with Crippen molar-refractivity contribution in [2.24, 2.45) is 0 Å². The molecule has 1 rings (SSSR count). The maximum absolute atomic E-state index is 5.67. The topological polar surface area (TPSA) is 38.1 Å². The van der Waals surface area contributed by atoms with Gasteiger partial charge < -0.3 is 9.73 Å². The predicted octanol–water partition coefficient (Wildman–Crippen LogP) is 2.73. The van der Waals surface area contributed by atoms with Gasteiger partial charge in [0.25, 0.3) is 0 Å². The van der Waals surface area contributed by atoms with Crippen LogP contribution in [0.15, 0.2) is 10.6 Å². The molecule has 0 fully saturated rings. The molecule has 0 aliphatic heterocycles. The summed E-state index contributed by atoms with van der Waals surface area (Å²) in [6, 6.07) is 0.522. The van der Waals surface area contributed by atoms with Crippen molar-refractivity contribution in [2.75, 3.05) is 6.54 Å². The Morgan fingerprint density at radius 3 is 2.73 bits per heavy atom. The highest BCUT2D eigenvalue weighted by Gasteiger charge is 2.09. The van der Waals surface area contributed by atoms with Crippen molar-refractivity contribution in [2.45, 2.75) is 52.5 Å². The monoisotopic (exact) mass is 210 g/mol. The summed E-state index contributed by atoms with van der Waals surface area (Å²) in [5.41, 5.74) is 0. The van der Waals surface area contributed by atoms with Crippen molar-refractivity contribution < 1.29 is 4.42 Å². The Labute approximate surface area is 92.3 Å². The molecule has 0 saturated carbocycles. The van der Waals surface area contributed by atoms with Gasteiger partial charge in [-0.2, -0.15) is 0 Å². The average Bonchev–Trinajstić information content (AvgIpc) is 2.65. The molecule has 86 valence electrons. The van der Waals surface area contributed by atoms with Gasteiger partial charge in [-0.25, -0.2) is 4.98 Å². The number of hydrogen-bond donors (Lipinski definition) is 1. The van der Waals surface area contributed by atoms with Gasteiger partial charge in [-0.1, -0.05) is 27.7 Å². The fraction of sp³-hybridized carbons (Fsp3) is 0.750. The normalized spacial score (nSPS) is 13.4. The molecule has 1 aromatic rings. The number of aromatic nitrogens is 1. The Kier molecular flexibility index (Phi) is 4.82. The lowest BCUT2D eigenvalue weighted by Crippen LogP contribution is -2.24. The van der Waals surface area contributed by atoms with Gasteiger partial charge in [-0.15, -0.1) is 0 Å². The van der Waals surface area contributed by atoms with Gasteiger partial charge >= 0.3 is 0 Å². The van der Waals surface area contributed by atoms with Crippen molar-refractivity contribution in [3.8, 4) is 0 Å². The lowest BCUT2D eigenvalue weighted by molar-refractivity contribution is 0.420. The highest BCUT2D eigenvalue weighted by Crippen LogP contribution is 2.19. The van der Waals surface area contributed by atoms with E-state index in [-0.39, 0.29) is 0 Å². The molecular formula is C12H22N2O. The molecule has 1 heterocycles. The van der Waals surface area contributed by atoms with Crippen LogP contribution in [0.3, 0.4) is 0 Å². The highest BCUT2D eigenvalue weighted by molar-refractivity contribution is 5.00. The van der Waals surface area contributed by atoms with Crippen LogP contribution in [-0.2, 0) is 6.42 Å². The lowest BCUT2D eigenvalue weighted by Gasteiger charge is -2.05. The molecule has 0 amide bonds. The minimum Gasteiger partial charge on any atom is -0.445 e. The van der Waals surface area contributed by atoms with Gasteiger partial charge in [0.1, 0.15) is 5.76 Å².